The quantitative estimate of drug-likeness (QED) is 0.709. The fourth-order valence-corrected chi connectivity index (χ4v) is 4.55. The monoisotopic (exact) mass is 428 g/mol. The Morgan fingerprint density at radius 3 is 2.47 bits per heavy atom. The number of hydrogen-bond donors (Lipinski definition) is 1. The van der Waals surface area contributed by atoms with Crippen molar-refractivity contribution in [2.45, 2.75) is 11.8 Å². The minimum absolute atomic E-state index is 0.146. The summed E-state index contributed by atoms with van der Waals surface area (Å²) < 4.78 is 32.5. The average molecular weight is 429 g/mol. The summed E-state index contributed by atoms with van der Waals surface area (Å²) in [4.78, 5) is 14.1. The third-order valence-electron chi connectivity index (χ3n) is 4.78. The lowest BCUT2D eigenvalue weighted by Crippen LogP contribution is -2.53. The summed E-state index contributed by atoms with van der Waals surface area (Å²) in [5.41, 5.74) is 1.51. The molecule has 1 saturated heterocycles. The maximum absolute atomic E-state index is 12.7. The molecule has 2 aromatic carbocycles. The number of benzene rings is 2. The van der Waals surface area contributed by atoms with Gasteiger partial charge in [0, 0.05) is 26.2 Å². The SMILES string of the molecule is Cc1cccc(OCCNC(=O)N2CCN(S(=O)(=O)c3ccc(C#N)cc3)CC2)c1. The Balaban J connectivity index is 1.45. The molecule has 0 atom stereocenters. The van der Waals surface area contributed by atoms with Crippen molar-refractivity contribution in [2.75, 3.05) is 39.3 Å². The lowest BCUT2D eigenvalue weighted by molar-refractivity contribution is 0.170. The summed E-state index contributed by atoms with van der Waals surface area (Å²) in [5.74, 6) is 0.755. The largest absolute Gasteiger partial charge is 0.492 e. The average Bonchev–Trinajstić information content (AvgIpc) is 2.77. The van der Waals surface area contributed by atoms with E-state index < -0.39 is 10.0 Å². The van der Waals surface area contributed by atoms with Crippen LogP contribution in [-0.2, 0) is 10.0 Å². The molecule has 2 aromatic rings. The van der Waals surface area contributed by atoms with Crippen LogP contribution in [0.15, 0.2) is 53.4 Å². The van der Waals surface area contributed by atoms with Crippen molar-refractivity contribution in [3.63, 3.8) is 0 Å². The van der Waals surface area contributed by atoms with Crippen LogP contribution >= 0.6 is 0 Å². The number of hydrogen-bond acceptors (Lipinski definition) is 5. The number of aryl methyl sites for hydroxylation is 1. The maximum atomic E-state index is 12.7. The third kappa shape index (κ3) is 5.28. The van der Waals surface area contributed by atoms with E-state index in [4.69, 9.17) is 10.00 Å². The summed E-state index contributed by atoms with van der Waals surface area (Å²) in [7, 11) is -3.65. The molecular weight excluding hydrogens is 404 g/mol. The van der Waals surface area contributed by atoms with Gasteiger partial charge in [-0.2, -0.15) is 9.57 Å². The van der Waals surface area contributed by atoms with E-state index in [9.17, 15) is 13.2 Å². The zero-order valence-electron chi connectivity index (χ0n) is 16.7. The van der Waals surface area contributed by atoms with Gasteiger partial charge in [-0.05, 0) is 48.9 Å². The van der Waals surface area contributed by atoms with Crippen molar-refractivity contribution in [1.29, 1.82) is 5.26 Å². The van der Waals surface area contributed by atoms with Gasteiger partial charge in [-0.3, -0.25) is 0 Å². The van der Waals surface area contributed by atoms with Gasteiger partial charge >= 0.3 is 6.03 Å². The fraction of sp³-hybridized carbons (Fsp3) is 0.333. The minimum Gasteiger partial charge on any atom is -0.492 e. The first-order valence-electron chi connectivity index (χ1n) is 9.63. The van der Waals surface area contributed by atoms with Gasteiger partial charge < -0.3 is 15.0 Å². The number of carbonyl (C=O) groups excluding carboxylic acids is 1. The first kappa shape index (κ1) is 21.6. The first-order valence-corrected chi connectivity index (χ1v) is 11.1. The van der Waals surface area contributed by atoms with Crippen molar-refractivity contribution in [2.24, 2.45) is 0 Å². The topological polar surface area (TPSA) is 103 Å². The second-order valence-electron chi connectivity index (χ2n) is 6.92. The number of ether oxygens (including phenoxy) is 1. The van der Waals surface area contributed by atoms with E-state index in [-0.39, 0.29) is 24.0 Å². The predicted octanol–water partition coefficient (Wildman–Crippen LogP) is 1.96. The molecule has 0 saturated carbocycles. The number of sulfonamides is 1. The molecule has 9 heteroatoms. The third-order valence-corrected chi connectivity index (χ3v) is 6.70. The number of piperazine rings is 1. The number of urea groups is 1. The Kier molecular flexibility index (Phi) is 6.92. The normalized spacial score (nSPS) is 14.7. The lowest BCUT2D eigenvalue weighted by atomic mass is 10.2. The van der Waals surface area contributed by atoms with E-state index in [1.54, 1.807) is 4.90 Å². The number of nitrogens with one attached hydrogen (secondary N) is 1. The van der Waals surface area contributed by atoms with Crippen LogP contribution in [0, 0.1) is 18.3 Å². The van der Waals surface area contributed by atoms with Gasteiger partial charge in [0.2, 0.25) is 10.0 Å². The molecule has 2 amide bonds. The summed E-state index contributed by atoms with van der Waals surface area (Å²) in [6, 6.07) is 15.2. The Labute approximate surface area is 176 Å². The Bertz CT molecular complexity index is 1020. The van der Waals surface area contributed by atoms with Gasteiger partial charge in [-0.15, -0.1) is 0 Å². The van der Waals surface area contributed by atoms with Crippen LogP contribution in [0.2, 0.25) is 0 Å². The number of carbonyl (C=O) groups is 1. The van der Waals surface area contributed by atoms with E-state index in [2.05, 4.69) is 5.32 Å². The van der Waals surface area contributed by atoms with Crippen molar-refractivity contribution in [3.05, 3.63) is 59.7 Å². The van der Waals surface area contributed by atoms with Crippen molar-refractivity contribution in [1.82, 2.24) is 14.5 Å². The number of rotatable bonds is 6. The molecule has 0 aliphatic carbocycles. The van der Waals surface area contributed by atoms with Crippen LogP contribution < -0.4 is 10.1 Å². The van der Waals surface area contributed by atoms with Gasteiger partial charge in [0.1, 0.15) is 12.4 Å². The molecule has 0 aromatic heterocycles. The zero-order valence-corrected chi connectivity index (χ0v) is 17.6. The highest BCUT2D eigenvalue weighted by Crippen LogP contribution is 2.18. The highest BCUT2D eigenvalue weighted by Gasteiger charge is 2.30. The molecule has 1 N–H and O–H groups in total. The molecule has 0 unspecified atom stereocenters. The highest BCUT2D eigenvalue weighted by molar-refractivity contribution is 7.89. The summed E-state index contributed by atoms with van der Waals surface area (Å²) >= 11 is 0. The molecule has 1 fully saturated rings. The molecule has 158 valence electrons. The molecule has 0 bridgehead atoms. The van der Waals surface area contributed by atoms with Crippen LogP contribution in [0.4, 0.5) is 4.79 Å². The highest BCUT2D eigenvalue weighted by atomic mass is 32.2. The zero-order chi connectivity index (χ0) is 21.6. The summed E-state index contributed by atoms with van der Waals surface area (Å²) in [5, 5.41) is 11.6. The summed E-state index contributed by atoms with van der Waals surface area (Å²) in [6.07, 6.45) is 0. The van der Waals surface area contributed by atoms with Gasteiger partial charge in [0.15, 0.2) is 0 Å². The maximum Gasteiger partial charge on any atom is 0.317 e. The lowest BCUT2D eigenvalue weighted by Gasteiger charge is -2.34. The van der Waals surface area contributed by atoms with Crippen molar-refractivity contribution < 1.29 is 17.9 Å². The second kappa shape index (κ2) is 9.61. The predicted molar refractivity (Wildman–Crippen MR) is 112 cm³/mol. The van der Waals surface area contributed by atoms with Gasteiger partial charge in [-0.25, -0.2) is 13.2 Å². The Hall–Kier alpha value is -3.09. The van der Waals surface area contributed by atoms with E-state index >= 15 is 0 Å². The molecular formula is C21H24N4O4S. The summed E-state index contributed by atoms with van der Waals surface area (Å²) in [6.45, 7) is 3.74. The molecule has 30 heavy (non-hydrogen) atoms. The number of nitrogens with zero attached hydrogens (tertiary/aromatic N) is 3. The molecule has 0 radical (unpaired) electrons. The van der Waals surface area contributed by atoms with E-state index in [1.165, 1.54) is 28.6 Å². The smallest absolute Gasteiger partial charge is 0.317 e. The number of nitriles is 1. The molecule has 1 aliphatic heterocycles. The van der Waals surface area contributed by atoms with Crippen LogP contribution in [0.5, 0.6) is 5.75 Å². The van der Waals surface area contributed by atoms with E-state index in [0.717, 1.165) is 11.3 Å². The van der Waals surface area contributed by atoms with Gasteiger partial charge in [-0.1, -0.05) is 12.1 Å². The van der Waals surface area contributed by atoms with Crippen LogP contribution in [0.1, 0.15) is 11.1 Å². The Morgan fingerprint density at radius 1 is 1.13 bits per heavy atom. The van der Waals surface area contributed by atoms with Gasteiger partial charge in [0.05, 0.1) is 23.1 Å². The standard InChI is InChI=1S/C21H24N4O4S/c1-17-3-2-4-19(15-17)29-14-9-23-21(26)24-10-12-25(13-11-24)30(27,28)20-7-5-18(16-22)6-8-20/h2-8,15H,9-14H2,1H3,(H,23,26). The van der Waals surface area contributed by atoms with E-state index in [0.29, 0.717) is 31.8 Å². The van der Waals surface area contributed by atoms with Crippen molar-refractivity contribution in [3.8, 4) is 11.8 Å². The minimum atomic E-state index is -3.65. The Morgan fingerprint density at radius 2 is 1.83 bits per heavy atom. The van der Waals surface area contributed by atoms with Gasteiger partial charge in [0.25, 0.3) is 0 Å². The first-order chi connectivity index (χ1) is 14.4. The van der Waals surface area contributed by atoms with Crippen molar-refractivity contribution >= 4 is 16.1 Å². The molecule has 1 aliphatic rings. The number of amides is 2. The van der Waals surface area contributed by atoms with E-state index in [1.807, 2.05) is 37.3 Å². The molecule has 3 rings (SSSR count). The second-order valence-corrected chi connectivity index (χ2v) is 8.86. The van der Waals surface area contributed by atoms with Crippen LogP contribution in [0.25, 0.3) is 0 Å². The molecule has 1 heterocycles. The molecule has 8 nitrogen and oxygen atoms in total. The van der Waals surface area contributed by atoms with Crippen LogP contribution in [-0.4, -0.2) is 63.0 Å². The molecule has 0 spiro atoms. The van der Waals surface area contributed by atoms with Crippen LogP contribution in [0.3, 0.4) is 0 Å². The fourth-order valence-electron chi connectivity index (χ4n) is 3.13.